The van der Waals surface area contributed by atoms with Crippen molar-refractivity contribution in [2.75, 3.05) is 5.32 Å². The van der Waals surface area contributed by atoms with Crippen molar-refractivity contribution in [2.45, 2.75) is 64.4 Å². The molecule has 9 heteroatoms. The van der Waals surface area contributed by atoms with Crippen LogP contribution in [0.15, 0.2) is 109 Å². The lowest BCUT2D eigenvalue weighted by atomic mass is 9.94. The van der Waals surface area contributed by atoms with Crippen molar-refractivity contribution in [1.29, 1.82) is 0 Å². The molecule has 2 atom stereocenters. The van der Waals surface area contributed by atoms with Crippen molar-refractivity contribution in [3.63, 3.8) is 0 Å². The molecule has 254 valence electrons. The van der Waals surface area contributed by atoms with Gasteiger partial charge in [-0.3, -0.25) is 9.59 Å². The Morgan fingerprint density at radius 2 is 1.45 bits per heavy atom. The van der Waals surface area contributed by atoms with E-state index in [0.29, 0.717) is 34.7 Å². The molecule has 8 nitrogen and oxygen atoms in total. The number of hydrogen-bond donors (Lipinski definition) is 4. The third-order valence-corrected chi connectivity index (χ3v) is 8.26. The molecule has 0 aliphatic rings. The van der Waals surface area contributed by atoms with Gasteiger partial charge in [-0.2, -0.15) is 0 Å². The Labute approximate surface area is 285 Å². The van der Waals surface area contributed by atoms with E-state index in [1.165, 1.54) is 12.1 Å². The summed E-state index contributed by atoms with van der Waals surface area (Å²) in [6.45, 7) is 4.60. The van der Waals surface area contributed by atoms with E-state index >= 15 is 0 Å². The van der Waals surface area contributed by atoms with Crippen LogP contribution in [-0.2, 0) is 17.9 Å². The number of nitrogens with one attached hydrogen (secondary N) is 1. The maximum absolute atomic E-state index is 14.4. The van der Waals surface area contributed by atoms with Crippen molar-refractivity contribution in [3.8, 4) is 28.1 Å². The highest BCUT2D eigenvalue weighted by Gasteiger charge is 2.31. The Morgan fingerprint density at radius 1 is 0.816 bits per heavy atom. The van der Waals surface area contributed by atoms with Crippen molar-refractivity contribution >= 4 is 17.6 Å². The number of aliphatic carboxylic acids is 1. The molecule has 49 heavy (non-hydrogen) atoms. The van der Waals surface area contributed by atoms with Crippen LogP contribution in [-0.4, -0.2) is 44.0 Å². The number of rotatable bonds is 15. The smallest absolute Gasteiger partial charge is 0.305 e. The zero-order valence-electron chi connectivity index (χ0n) is 27.6. The van der Waals surface area contributed by atoms with E-state index in [9.17, 15) is 24.2 Å². The molecule has 4 N–H and O–H groups in total. The summed E-state index contributed by atoms with van der Waals surface area (Å²) >= 11 is 0. The number of benzene rings is 4. The lowest BCUT2D eigenvalue weighted by Gasteiger charge is -2.20. The van der Waals surface area contributed by atoms with Crippen LogP contribution in [0.2, 0.25) is 0 Å². The standard InChI is InChI=1S/C40H41FN2O6/c1-26(2)38-37(40(48)42-31-19-13-27(14-20-31)25-49-34-11-7-4-8-12-34)36(28-9-5-3-6-10-28)39(29-15-17-30(41)18-16-29)43(38)22-21-32(44)23-33(45)24-35(46)47/h3-20,26,32-33,44-45H,21-25H2,1-2H3,(H,42,48)(H,46,47)/t32-,33-/m1/s1. The molecular weight excluding hydrogens is 623 g/mol. The first-order chi connectivity index (χ1) is 23.6. The number of nitrogens with zero attached hydrogens (tertiary/aromatic N) is 1. The summed E-state index contributed by atoms with van der Waals surface area (Å²) in [4.78, 5) is 25.5. The third-order valence-electron chi connectivity index (χ3n) is 8.26. The minimum atomic E-state index is -1.20. The average Bonchev–Trinajstić information content (AvgIpc) is 3.43. The van der Waals surface area contributed by atoms with Gasteiger partial charge in [-0.25, -0.2) is 4.39 Å². The maximum atomic E-state index is 14.4. The zero-order chi connectivity index (χ0) is 34.9. The normalized spacial score (nSPS) is 12.4. The van der Waals surface area contributed by atoms with Gasteiger partial charge in [0.25, 0.3) is 5.91 Å². The number of anilines is 1. The van der Waals surface area contributed by atoms with Gasteiger partial charge in [-0.1, -0.05) is 74.5 Å². The van der Waals surface area contributed by atoms with Gasteiger partial charge >= 0.3 is 5.97 Å². The van der Waals surface area contributed by atoms with Crippen molar-refractivity contribution in [3.05, 3.63) is 132 Å². The second kappa shape index (κ2) is 16.2. The SMILES string of the molecule is CC(C)c1c(C(=O)Nc2ccc(COc3ccccc3)cc2)c(-c2ccccc2)c(-c2ccc(F)cc2)n1CC[C@@H](O)C[C@@H](O)CC(=O)O. The molecule has 1 heterocycles. The molecule has 0 spiro atoms. The lowest BCUT2D eigenvalue weighted by Crippen LogP contribution is -2.22. The molecule has 0 unspecified atom stereocenters. The topological polar surface area (TPSA) is 121 Å². The van der Waals surface area contributed by atoms with Crippen LogP contribution >= 0.6 is 0 Å². The first-order valence-electron chi connectivity index (χ1n) is 16.3. The predicted octanol–water partition coefficient (Wildman–Crippen LogP) is 7.89. The monoisotopic (exact) mass is 664 g/mol. The summed E-state index contributed by atoms with van der Waals surface area (Å²) in [5.41, 5.74) is 5.54. The Morgan fingerprint density at radius 3 is 2.06 bits per heavy atom. The van der Waals surface area contributed by atoms with E-state index in [2.05, 4.69) is 5.32 Å². The van der Waals surface area contributed by atoms with Gasteiger partial charge < -0.3 is 29.9 Å². The largest absolute Gasteiger partial charge is 0.489 e. The molecule has 4 aromatic carbocycles. The highest BCUT2D eigenvalue weighted by Crippen LogP contribution is 2.42. The van der Waals surface area contributed by atoms with E-state index in [-0.39, 0.29) is 31.2 Å². The fraction of sp³-hybridized carbons (Fsp3) is 0.250. The molecule has 1 aromatic heterocycles. The van der Waals surface area contributed by atoms with Crippen LogP contribution in [0.4, 0.5) is 10.1 Å². The zero-order valence-corrected chi connectivity index (χ0v) is 27.6. The van der Waals surface area contributed by atoms with Crippen LogP contribution in [0.3, 0.4) is 0 Å². The molecular formula is C40H41FN2O6. The minimum Gasteiger partial charge on any atom is -0.489 e. The Bertz CT molecular complexity index is 1840. The maximum Gasteiger partial charge on any atom is 0.305 e. The molecule has 0 fully saturated rings. The van der Waals surface area contributed by atoms with Gasteiger partial charge in [0, 0.05) is 23.5 Å². The lowest BCUT2D eigenvalue weighted by molar-refractivity contribution is -0.139. The number of amides is 1. The second-order valence-corrected chi connectivity index (χ2v) is 12.3. The van der Waals surface area contributed by atoms with Crippen LogP contribution in [0.25, 0.3) is 22.4 Å². The van der Waals surface area contributed by atoms with Gasteiger partial charge in [-0.05, 0) is 84.0 Å². The third kappa shape index (κ3) is 9.01. The fourth-order valence-corrected chi connectivity index (χ4v) is 6.05. The van der Waals surface area contributed by atoms with Crippen molar-refractivity contribution in [2.24, 2.45) is 0 Å². The fourth-order valence-electron chi connectivity index (χ4n) is 6.05. The second-order valence-electron chi connectivity index (χ2n) is 12.3. The summed E-state index contributed by atoms with van der Waals surface area (Å²) in [7, 11) is 0. The van der Waals surface area contributed by atoms with Crippen molar-refractivity contribution in [1.82, 2.24) is 4.57 Å². The number of carboxylic acid groups (broad SMARTS) is 1. The molecule has 0 saturated carbocycles. The van der Waals surface area contributed by atoms with E-state index in [0.717, 1.165) is 22.6 Å². The number of aliphatic hydroxyl groups excluding tert-OH is 2. The number of carbonyl (C=O) groups is 2. The van der Waals surface area contributed by atoms with E-state index in [4.69, 9.17) is 9.84 Å². The van der Waals surface area contributed by atoms with Crippen LogP contribution in [0, 0.1) is 5.82 Å². The van der Waals surface area contributed by atoms with Crippen LogP contribution in [0.5, 0.6) is 5.75 Å². The first kappa shape index (κ1) is 35.1. The summed E-state index contributed by atoms with van der Waals surface area (Å²) in [6, 6.07) is 32.6. The minimum absolute atomic E-state index is 0.109. The molecule has 0 aliphatic heterocycles. The predicted molar refractivity (Wildman–Crippen MR) is 188 cm³/mol. The number of aromatic nitrogens is 1. The molecule has 0 radical (unpaired) electrons. The van der Waals surface area contributed by atoms with Gasteiger partial charge in [0.1, 0.15) is 18.2 Å². The molecule has 5 rings (SSSR count). The molecule has 5 aromatic rings. The quantitative estimate of drug-likeness (QED) is 0.0904. The summed E-state index contributed by atoms with van der Waals surface area (Å²) in [5, 5.41) is 33.1. The number of para-hydroxylation sites is 1. The summed E-state index contributed by atoms with van der Waals surface area (Å²) in [5.74, 6) is -1.25. The van der Waals surface area contributed by atoms with Gasteiger partial charge in [0.15, 0.2) is 0 Å². The molecule has 0 saturated heterocycles. The van der Waals surface area contributed by atoms with Gasteiger partial charge in [-0.15, -0.1) is 0 Å². The summed E-state index contributed by atoms with van der Waals surface area (Å²) in [6.07, 6.45) is -2.60. The Balaban J connectivity index is 1.54. The van der Waals surface area contributed by atoms with E-state index < -0.39 is 30.4 Å². The number of halogens is 1. The molecule has 0 bridgehead atoms. The highest BCUT2D eigenvalue weighted by molar-refractivity contribution is 6.12. The average molecular weight is 665 g/mol. The van der Waals surface area contributed by atoms with Crippen LogP contribution < -0.4 is 10.1 Å². The van der Waals surface area contributed by atoms with E-state index in [1.807, 2.05) is 103 Å². The first-order valence-corrected chi connectivity index (χ1v) is 16.3. The summed E-state index contributed by atoms with van der Waals surface area (Å²) < 4.78 is 22.0. The van der Waals surface area contributed by atoms with Crippen LogP contribution in [0.1, 0.15) is 60.6 Å². The Kier molecular flexibility index (Phi) is 11.6. The van der Waals surface area contributed by atoms with Gasteiger partial charge in [0.2, 0.25) is 0 Å². The van der Waals surface area contributed by atoms with Gasteiger partial charge in [0.05, 0.1) is 29.9 Å². The highest BCUT2D eigenvalue weighted by atomic mass is 19.1. The van der Waals surface area contributed by atoms with E-state index in [1.54, 1.807) is 12.1 Å². The Hall–Kier alpha value is -5.25. The number of carbonyl (C=O) groups excluding carboxylic acids is 1. The molecule has 0 aliphatic carbocycles. The number of ether oxygens (including phenoxy) is 1. The number of hydrogen-bond acceptors (Lipinski definition) is 5. The van der Waals surface area contributed by atoms with Crippen molar-refractivity contribution < 1.29 is 34.0 Å². The number of aliphatic hydroxyl groups is 2. The molecule has 1 amide bonds. The number of carboxylic acids is 1.